The number of amides is 1. The van der Waals surface area contributed by atoms with Crippen LogP contribution in [0, 0.1) is 0 Å². The number of fused-ring (bicyclic) bond motifs is 1. The summed E-state index contributed by atoms with van der Waals surface area (Å²) in [6, 6.07) is 16.3. The smallest absolute Gasteiger partial charge is 0.243 e. The van der Waals surface area contributed by atoms with Gasteiger partial charge in [0.25, 0.3) is 0 Å². The van der Waals surface area contributed by atoms with Gasteiger partial charge in [0, 0.05) is 31.0 Å². The fourth-order valence-electron chi connectivity index (χ4n) is 2.89. The Bertz CT molecular complexity index is 667. The molecule has 0 atom stereocenters. The summed E-state index contributed by atoms with van der Waals surface area (Å²) >= 11 is 0. The second-order valence-electron chi connectivity index (χ2n) is 5.83. The number of carbonyl (C=O) groups excluding carboxylic acids is 1. The van der Waals surface area contributed by atoms with Crippen molar-refractivity contribution in [1.82, 2.24) is 5.32 Å². The molecule has 1 aliphatic rings. The highest BCUT2D eigenvalue weighted by molar-refractivity contribution is 5.94. The summed E-state index contributed by atoms with van der Waals surface area (Å²) in [5.74, 6) is 0.0194. The lowest BCUT2D eigenvalue weighted by Gasteiger charge is -2.23. The summed E-state index contributed by atoms with van der Waals surface area (Å²) < 4.78 is 0. The van der Waals surface area contributed by atoms with Crippen molar-refractivity contribution in [3.05, 3.63) is 59.7 Å². The van der Waals surface area contributed by atoms with Gasteiger partial charge >= 0.3 is 0 Å². The number of hydrogen-bond donors (Lipinski definition) is 2. The van der Waals surface area contributed by atoms with Crippen molar-refractivity contribution in [2.45, 2.75) is 19.9 Å². The van der Waals surface area contributed by atoms with Crippen LogP contribution in [0.15, 0.2) is 48.5 Å². The zero-order chi connectivity index (χ0) is 16.1. The maximum Gasteiger partial charge on any atom is 0.243 e. The number of rotatable bonds is 4. The normalized spacial score (nSPS) is 14.0. The third-order valence-corrected chi connectivity index (χ3v) is 4.19. The van der Waals surface area contributed by atoms with Gasteiger partial charge in [-0.3, -0.25) is 4.79 Å². The average molecular weight is 309 g/mol. The molecule has 4 nitrogen and oxygen atoms in total. The molecule has 3 rings (SSSR count). The topological polar surface area (TPSA) is 44.4 Å². The molecule has 0 aliphatic carbocycles. The van der Waals surface area contributed by atoms with E-state index in [0.29, 0.717) is 6.54 Å². The minimum atomic E-state index is 0.0194. The molecule has 0 aromatic heterocycles. The monoisotopic (exact) mass is 309 g/mol. The van der Waals surface area contributed by atoms with Crippen molar-refractivity contribution >= 4 is 17.3 Å². The van der Waals surface area contributed by atoms with Crippen LogP contribution in [0.25, 0.3) is 0 Å². The fourth-order valence-corrected chi connectivity index (χ4v) is 2.89. The third kappa shape index (κ3) is 3.90. The maximum absolute atomic E-state index is 12.4. The van der Waals surface area contributed by atoms with E-state index in [1.807, 2.05) is 24.3 Å². The summed E-state index contributed by atoms with van der Waals surface area (Å²) in [7, 11) is 0. The minimum Gasteiger partial charge on any atom is -0.361 e. The first-order valence-electron chi connectivity index (χ1n) is 8.18. The molecule has 0 spiro atoms. The molecule has 0 radical (unpaired) electrons. The van der Waals surface area contributed by atoms with Gasteiger partial charge in [-0.2, -0.15) is 0 Å². The lowest BCUT2D eigenvalue weighted by Crippen LogP contribution is -2.36. The average Bonchev–Trinajstić information content (AvgIpc) is 2.78. The summed E-state index contributed by atoms with van der Waals surface area (Å²) in [4.78, 5) is 14.5. The van der Waals surface area contributed by atoms with Crippen molar-refractivity contribution in [3.8, 4) is 0 Å². The Morgan fingerprint density at radius 3 is 2.74 bits per heavy atom. The largest absolute Gasteiger partial charge is 0.361 e. The van der Waals surface area contributed by atoms with Gasteiger partial charge in [-0.25, -0.2) is 0 Å². The van der Waals surface area contributed by atoms with Gasteiger partial charge in [0.1, 0.15) is 0 Å². The SMILES string of the molecule is CCc1ccc(NC(=O)CN2CCNCc3ccccc32)cc1. The highest BCUT2D eigenvalue weighted by Crippen LogP contribution is 2.22. The van der Waals surface area contributed by atoms with Crippen LogP contribution < -0.4 is 15.5 Å². The van der Waals surface area contributed by atoms with Crippen molar-refractivity contribution in [2.24, 2.45) is 0 Å². The van der Waals surface area contributed by atoms with E-state index in [0.717, 1.165) is 37.4 Å². The summed E-state index contributed by atoms with van der Waals surface area (Å²) in [6.07, 6.45) is 1.01. The number of carbonyl (C=O) groups is 1. The molecule has 4 heteroatoms. The third-order valence-electron chi connectivity index (χ3n) is 4.19. The van der Waals surface area contributed by atoms with E-state index >= 15 is 0 Å². The molecule has 0 bridgehead atoms. The zero-order valence-corrected chi connectivity index (χ0v) is 13.5. The Morgan fingerprint density at radius 2 is 1.96 bits per heavy atom. The predicted octanol–water partition coefficient (Wildman–Crippen LogP) is 2.80. The van der Waals surface area contributed by atoms with Gasteiger partial charge in [-0.15, -0.1) is 0 Å². The Morgan fingerprint density at radius 1 is 1.17 bits per heavy atom. The molecule has 1 heterocycles. The minimum absolute atomic E-state index is 0.0194. The molecule has 1 aliphatic heterocycles. The number of benzene rings is 2. The van der Waals surface area contributed by atoms with Crippen LogP contribution in [0.4, 0.5) is 11.4 Å². The molecule has 0 saturated heterocycles. The Hall–Kier alpha value is -2.33. The van der Waals surface area contributed by atoms with Gasteiger partial charge in [-0.1, -0.05) is 37.3 Å². The molecule has 0 unspecified atom stereocenters. The molecule has 0 fully saturated rings. The first-order valence-corrected chi connectivity index (χ1v) is 8.18. The molecule has 0 saturated carbocycles. The summed E-state index contributed by atoms with van der Waals surface area (Å²) in [6.45, 7) is 5.06. The number of nitrogens with one attached hydrogen (secondary N) is 2. The van der Waals surface area contributed by atoms with Crippen LogP contribution >= 0.6 is 0 Å². The van der Waals surface area contributed by atoms with Crippen LogP contribution in [0.5, 0.6) is 0 Å². The van der Waals surface area contributed by atoms with E-state index in [-0.39, 0.29) is 5.91 Å². The molecule has 1 amide bonds. The second kappa shape index (κ2) is 7.29. The second-order valence-corrected chi connectivity index (χ2v) is 5.83. The number of anilines is 2. The molecule has 120 valence electrons. The Kier molecular flexibility index (Phi) is 4.93. The molecule has 23 heavy (non-hydrogen) atoms. The van der Waals surface area contributed by atoms with Crippen LogP contribution in [0.1, 0.15) is 18.1 Å². The van der Waals surface area contributed by atoms with E-state index in [2.05, 4.69) is 46.7 Å². The van der Waals surface area contributed by atoms with Crippen molar-refractivity contribution in [1.29, 1.82) is 0 Å². The lowest BCUT2D eigenvalue weighted by molar-refractivity contribution is -0.115. The van der Waals surface area contributed by atoms with Crippen LogP contribution in [-0.2, 0) is 17.8 Å². The highest BCUT2D eigenvalue weighted by atomic mass is 16.2. The van der Waals surface area contributed by atoms with Gasteiger partial charge in [0.05, 0.1) is 6.54 Å². The highest BCUT2D eigenvalue weighted by Gasteiger charge is 2.17. The molecule has 2 aromatic rings. The number of aryl methyl sites for hydroxylation is 1. The van der Waals surface area contributed by atoms with E-state index in [9.17, 15) is 4.79 Å². The van der Waals surface area contributed by atoms with Crippen molar-refractivity contribution in [2.75, 3.05) is 29.9 Å². The Labute approximate surface area is 137 Å². The first-order chi connectivity index (χ1) is 11.3. The van der Waals surface area contributed by atoms with Gasteiger partial charge in [0.15, 0.2) is 0 Å². The van der Waals surface area contributed by atoms with Gasteiger partial charge in [0.2, 0.25) is 5.91 Å². The van der Waals surface area contributed by atoms with Gasteiger partial charge in [-0.05, 0) is 35.7 Å². The van der Waals surface area contributed by atoms with E-state index in [4.69, 9.17) is 0 Å². The van der Waals surface area contributed by atoms with Crippen molar-refractivity contribution < 1.29 is 4.79 Å². The molecular formula is C19H23N3O. The molecule has 2 N–H and O–H groups in total. The number of nitrogens with zero attached hydrogens (tertiary/aromatic N) is 1. The molecular weight excluding hydrogens is 286 g/mol. The Balaban J connectivity index is 1.67. The number of hydrogen-bond acceptors (Lipinski definition) is 3. The standard InChI is InChI=1S/C19H23N3O/c1-2-15-7-9-17(10-8-15)21-19(23)14-22-12-11-20-13-16-5-3-4-6-18(16)22/h3-10,20H,2,11-14H2,1H3,(H,21,23). The van der Waals surface area contributed by atoms with Crippen LogP contribution in [-0.4, -0.2) is 25.5 Å². The van der Waals surface area contributed by atoms with E-state index < -0.39 is 0 Å². The lowest BCUT2D eigenvalue weighted by atomic mass is 10.1. The maximum atomic E-state index is 12.4. The van der Waals surface area contributed by atoms with Crippen LogP contribution in [0.2, 0.25) is 0 Å². The van der Waals surface area contributed by atoms with Crippen molar-refractivity contribution in [3.63, 3.8) is 0 Å². The van der Waals surface area contributed by atoms with E-state index in [1.54, 1.807) is 0 Å². The summed E-state index contributed by atoms with van der Waals surface area (Å²) in [5, 5.41) is 6.39. The first kappa shape index (κ1) is 15.6. The van der Waals surface area contributed by atoms with E-state index in [1.165, 1.54) is 11.1 Å². The fraction of sp³-hybridized carbons (Fsp3) is 0.316. The number of para-hydroxylation sites is 1. The van der Waals surface area contributed by atoms with Crippen LogP contribution in [0.3, 0.4) is 0 Å². The zero-order valence-electron chi connectivity index (χ0n) is 13.5. The van der Waals surface area contributed by atoms with Gasteiger partial charge < -0.3 is 15.5 Å². The predicted molar refractivity (Wildman–Crippen MR) is 94.8 cm³/mol. The quantitative estimate of drug-likeness (QED) is 0.913. The molecule has 2 aromatic carbocycles. The summed E-state index contributed by atoms with van der Waals surface area (Å²) in [5.41, 5.74) is 4.52.